The maximum atomic E-state index is 15.9. The molecule has 3 heterocycles. The highest BCUT2D eigenvalue weighted by Gasteiger charge is 2.24. The van der Waals surface area contributed by atoms with Gasteiger partial charge in [-0.15, -0.1) is 6.58 Å². The average Bonchev–Trinajstić information content (AvgIpc) is 3.28. The summed E-state index contributed by atoms with van der Waals surface area (Å²) in [6, 6.07) is 5.59. The van der Waals surface area contributed by atoms with Gasteiger partial charge in [0.15, 0.2) is 5.82 Å². The summed E-state index contributed by atoms with van der Waals surface area (Å²) in [7, 11) is 0. The van der Waals surface area contributed by atoms with Crippen molar-refractivity contribution in [3.63, 3.8) is 0 Å². The second kappa shape index (κ2) is 7.90. The van der Waals surface area contributed by atoms with Crippen molar-refractivity contribution in [1.82, 2.24) is 25.1 Å². The van der Waals surface area contributed by atoms with Crippen LogP contribution in [0.3, 0.4) is 0 Å². The molecule has 1 N–H and O–H groups in total. The van der Waals surface area contributed by atoms with Crippen molar-refractivity contribution in [2.75, 3.05) is 37.6 Å². The molecule has 2 aromatic carbocycles. The van der Waals surface area contributed by atoms with Gasteiger partial charge in [0, 0.05) is 56.0 Å². The number of aromatic nitrogens is 4. The molecule has 158 valence electrons. The molecule has 0 spiro atoms. The Morgan fingerprint density at radius 3 is 2.81 bits per heavy atom. The van der Waals surface area contributed by atoms with Crippen LogP contribution in [0.5, 0.6) is 0 Å². The summed E-state index contributed by atoms with van der Waals surface area (Å²) >= 11 is 6.69. The molecule has 0 aliphatic carbocycles. The van der Waals surface area contributed by atoms with Crippen LogP contribution < -0.4 is 4.90 Å². The molecule has 1 unspecified atom stereocenters. The lowest BCUT2D eigenvalue weighted by Crippen LogP contribution is -2.46. The number of fused-ring (bicyclic) bond motifs is 2. The normalized spacial score (nSPS) is 16.6. The Balaban J connectivity index is 1.61. The Labute approximate surface area is 185 Å². The number of anilines is 1. The van der Waals surface area contributed by atoms with E-state index >= 15 is 4.39 Å². The summed E-state index contributed by atoms with van der Waals surface area (Å²) in [6.07, 6.45) is 4.70. The van der Waals surface area contributed by atoms with Gasteiger partial charge < -0.3 is 4.90 Å². The largest absolute Gasteiger partial charge is 0.353 e. The third-order valence-electron chi connectivity index (χ3n) is 5.81. The zero-order valence-electron chi connectivity index (χ0n) is 18.1. The molecule has 5 rings (SSSR count). The molecule has 1 atom stereocenters. The van der Waals surface area contributed by atoms with Crippen LogP contribution >= 0.6 is 11.6 Å². The fourth-order valence-electron chi connectivity index (χ4n) is 4.29. The molecule has 0 amide bonds. The van der Waals surface area contributed by atoms with Crippen LogP contribution in [0.25, 0.3) is 32.9 Å². The predicted octanol–water partition coefficient (Wildman–Crippen LogP) is 4.58. The van der Waals surface area contributed by atoms with E-state index in [9.17, 15) is 0 Å². The topological polar surface area (TPSA) is 60.9 Å². The SMILES string of the molecule is [2H]C(C=C)N1CCN(c2ncnc3c(F)c(-c4c(C)ccc5[nH]ncc45)c(Cl)cc23)CC1. The highest BCUT2D eigenvalue weighted by atomic mass is 35.5. The van der Waals surface area contributed by atoms with Gasteiger partial charge in [0.25, 0.3) is 0 Å². The van der Waals surface area contributed by atoms with Gasteiger partial charge in [-0.05, 0) is 24.6 Å². The van der Waals surface area contributed by atoms with Crippen LogP contribution in [0.2, 0.25) is 5.02 Å². The Morgan fingerprint density at radius 2 is 2.03 bits per heavy atom. The first-order valence-electron chi connectivity index (χ1n) is 10.7. The standard InChI is InChI=1S/C23H22ClFN6/c1-3-6-30-7-9-31(10-8-30)23-15-11-17(24)20(21(25)22(15)26-13-27-23)19-14(2)4-5-18-16(19)12-28-29-18/h3-5,11-13H,1,6-10H2,2H3,(H,28,29)/i6D. The van der Waals surface area contributed by atoms with Gasteiger partial charge >= 0.3 is 0 Å². The predicted molar refractivity (Wildman–Crippen MR) is 123 cm³/mol. The second-order valence-corrected chi connectivity index (χ2v) is 8.04. The number of rotatable bonds is 4. The van der Waals surface area contributed by atoms with Crippen molar-refractivity contribution in [1.29, 1.82) is 0 Å². The Kier molecular flexibility index (Phi) is 4.77. The van der Waals surface area contributed by atoms with E-state index in [0.717, 1.165) is 16.5 Å². The minimum absolute atomic E-state index is 0.237. The molecular weight excluding hydrogens is 415 g/mol. The number of nitrogens with zero attached hydrogens (tertiary/aromatic N) is 5. The Hall–Kier alpha value is -3.03. The van der Waals surface area contributed by atoms with E-state index in [1.54, 1.807) is 18.3 Å². The lowest BCUT2D eigenvalue weighted by molar-refractivity contribution is 0.284. The fourth-order valence-corrected chi connectivity index (χ4v) is 4.57. The molecule has 31 heavy (non-hydrogen) atoms. The van der Waals surface area contributed by atoms with E-state index in [0.29, 0.717) is 53.5 Å². The first kappa shape index (κ1) is 18.7. The van der Waals surface area contributed by atoms with E-state index < -0.39 is 12.3 Å². The quantitative estimate of drug-likeness (QED) is 0.473. The minimum Gasteiger partial charge on any atom is -0.353 e. The Morgan fingerprint density at radius 1 is 1.23 bits per heavy atom. The number of aromatic amines is 1. The van der Waals surface area contributed by atoms with E-state index in [1.165, 1.54) is 6.33 Å². The van der Waals surface area contributed by atoms with E-state index in [2.05, 4.69) is 31.6 Å². The molecule has 1 saturated heterocycles. The van der Waals surface area contributed by atoms with Gasteiger partial charge in [-0.3, -0.25) is 10.00 Å². The smallest absolute Gasteiger partial charge is 0.158 e. The third kappa shape index (κ3) is 3.34. The summed E-state index contributed by atoms with van der Waals surface area (Å²) in [5.41, 5.74) is 2.98. The molecule has 1 aliphatic rings. The molecule has 0 saturated carbocycles. The van der Waals surface area contributed by atoms with Gasteiger partial charge in [0.2, 0.25) is 0 Å². The first-order valence-corrected chi connectivity index (χ1v) is 10.5. The number of halogens is 2. The number of piperazine rings is 1. The van der Waals surface area contributed by atoms with Crippen LogP contribution in [0.15, 0.2) is 43.4 Å². The van der Waals surface area contributed by atoms with Gasteiger partial charge in [-0.25, -0.2) is 14.4 Å². The summed E-state index contributed by atoms with van der Waals surface area (Å²) in [5, 5.41) is 8.73. The highest BCUT2D eigenvalue weighted by Crippen LogP contribution is 2.41. The monoisotopic (exact) mass is 437 g/mol. The van der Waals surface area contributed by atoms with Crippen LogP contribution in [0.1, 0.15) is 6.93 Å². The van der Waals surface area contributed by atoms with Crippen molar-refractivity contribution in [3.8, 4) is 11.1 Å². The lowest BCUT2D eigenvalue weighted by Gasteiger charge is -2.35. The van der Waals surface area contributed by atoms with Gasteiger partial charge in [0.05, 0.1) is 16.7 Å². The highest BCUT2D eigenvalue weighted by molar-refractivity contribution is 6.35. The summed E-state index contributed by atoms with van der Waals surface area (Å²) < 4.78 is 24.0. The maximum Gasteiger partial charge on any atom is 0.158 e. The molecule has 4 aromatic rings. The third-order valence-corrected chi connectivity index (χ3v) is 6.11. The number of hydrogen-bond acceptors (Lipinski definition) is 5. The minimum atomic E-state index is -0.468. The Bertz CT molecular complexity index is 1330. The van der Waals surface area contributed by atoms with Gasteiger partial charge in [-0.2, -0.15) is 5.10 Å². The summed E-state index contributed by atoms with van der Waals surface area (Å²) in [4.78, 5) is 12.8. The number of hydrogen-bond donors (Lipinski definition) is 1. The molecule has 2 aromatic heterocycles. The molecular formula is C23H22ClFN6. The van der Waals surface area contributed by atoms with Gasteiger partial charge in [-0.1, -0.05) is 23.7 Å². The zero-order valence-corrected chi connectivity index (χ0v) is 17.8. The molecule has 8 heteroatoms. The van der Waals surface area contributed by atoms with Crippen molar-refractivity contribution < 1.29 is 5.76 Å². The van der Waals surface area contributed by atoms with Crippen LogP contribution in [0, 0.1) is 12.7 Å². The summed E-state index contributed by atoms with van der Waals surface area (Å²) in [6.45, 7) is 7.93. The fraction of sp³-hybridized carbons (Fsp3) is 0.261. The molecule has 6 nitrogen and oxygen atoms in total. The van der Waals surface area contributed by atoms with Crippen LogP contribution in [-0.2, 0) is 0 Å². The number of aryl methyl sites for hydroxylation is 1. The first-order chi connectivity index (χ1) is 15.5. The average molecular weight is 438 g/mol. The van der Waals surface area contributed by atoms with E-state index in [-0.39, 0.29) is 5.52 Å². The number of H-pyrrole nitrogens is 1. The lowest BCUT2D eigenvalue weighted by atomic mass is 9.95. The number of benzene rings is 2. The summed E-state index contributed by atoms with van der Waals surface area (Å²) in [5.74, 6) is 0.185. The van der Waals surface area contributed by atoms with Crippen LogP contribution in [0.4, 0.5) is 10.2 Å². The maximum absolute atomic E-state index is 15.9. The molecule has 1 aliphatic heterocycles. The van der Waals surface area contributed by atoms with Crippen molar-refractivity contribution in [3.05, 3.63) is 59.8 Å². The van der Waals surface area contributed by atoms with Crippen molar-refractivity contribution >= 4 is 39.2 Å². The zero-order chi connectivity index (χ0) is 22.4. The molecule has 1 fully saturated rings. The van der Waals surface area contributed by atoms with Crippen molar-refractivity contribution in [2.45, 2.75) is 6.92 Å². The van der Waals surface area contributed by atoms with E-state index in [4.69, 9.17) is 13.0 Å². The van der Waals surface area contributed by atoms with E-state index in [1.807, 2.05) is 24.0 Å². The second-order valence-electron chi connectivity index (χ2n) is 7.64. The van der Waals surface area contributed by atoms with Gasteiger partial charge in [0.1, 0.15) is 17.7 Å². The molecule has 0 radical (unpaired) electrons. The molecule has 0 bridgehead atoms. The van der Waals surface area contributed by atoms with Crippen molar-refractivity contribution in [2.24, 2.45) is 0 Å². The number of nitrogens with one attached hydrogen (secondary N) is 1. The van der Waals surface area contributed by atoms with Crippen LogP contribution in [-0.4, -0.2) is 57.8 Å².